The van der Waals surface area contributed by atoms with Gasteiger partial charge in [-0.05, 0) is 35.4 Å². The van der Waals surface area contributed by atoms with Crippen LogP contribution in [-0.2, 0) is 46.2 Å². The largest absolute Gasteiger partial charge is 0.467 e. The Labute approximate surface area is 198 Å². The predicted molar refractivity (Wildman–Crippen MR) is 111 cm³/mol. The van der Waals surface area contributed by atoms with Crippen LogP contribution in [-0.4, -0.2) is 37.7 Å². The third-order valence-electron chi connectivity index (χ3n) is 4.95. The normalized spacial score (nSPS) is 19.5. The van der Waals surface area contributed by atoms with Crippen molar-refractivity contribution in [1.29, 1.82) is 0 Å². The lowest BCUT2D eigenvalue weighted by molar-refractivity contribution is -0.138. The lowest BCUT2D eigenvalue weighted by atomic mass is 9.65. The van der Waals surface area contributed by atoms with Gasteiger partial charge in [0.1, 0.15) is 7.85 Å². The number of hydrogen-bond donors (Lipinski definition) is 1. The first-order valence-corrected chi connectivity index (χ1v) is 10.6. The maximum Gasteiger partial charge on any atom is 0.416 e. The van der Waals surface area contributed by atoms with Crippen molar-refractivity contribution >= 4 is 39.4 Å². The van der Waals surface area contributed by atoms with Gasteiger partial charge < -0.3 is 14.7 Å². The Morgan fingerprint density at radius 2 is 1.23 bits per heavy atom. The third kappa shape index (κ3) is 4.75. The molecule has 2 aromatic carbocycles. The van der Waals surface area contributed by atoms with Crippen LogP contribution >= 0.6 is 0 Å². The number of ketones is 1. The molecule has 0 saturated heterocycles. The molecule has 0 bridgehead atoms. The second-order valence-corrected chi connectivity index (χ2v) is 9.09. The molecule has 16 heteroatoms. The Kier molecular flexibility index (Phi) is 6.29. The second kappa shape index (κ2) is 8.28. The molecule has 2 N–H and O–H groups in total. The average molecular weight is 511 g/mol. The molecule has 0 unspecified atom stereocenters. The number of benzene rings is 2. The van der Waals surface area contributed by atoms with Crippen molar-refractivity contribution in [2.75, 3.05) is 0 Å². The molecule has 35 heavy (non-hydrogen) atoms. The van der Waals surface area contributed by atoms with Crippen LogP contribution < -0.4 is 5.73 Å². The highest BCUT2D eigenvalue weighted by Gasteiger charge is 2.50. The highest BCUT2D eigenvalue weighted by Crippen LogP contribution is 2.39. The number of alkyl halides is 6. The summed E-state index contributed by atoms with van der Waals surface area (Å²) in [6.45, 7) is 0. The van der Waals surface area contributed by atoms with E-state index in [-0.39, 0.29) is 5.56 Å². The number of carbonyl (C=O) groups is 1. The van der Waals surface area contributed by atoms with Crippen LogP contribution in [0.15, 0.2) is 60.2 Å². The first kappa shape index (κ1) is 26.6. The molecule has 6 nitrogen and oxygen atoms in total. The van der Waals surface area contributed by atoms with Gasteiger partial charge in [0.05, 0.1) is 31.4 Å². The fraction of sp³-hybridized carbons (Fsp3) is 0.211. The summed E-state index contributed by atoms with van der Waals surface area (Å²) < 4.78 is 109. The van der Waals surface area contributed by atoms with E-state index in [0.717, 1.165) is 12.1 Å². The number of nitrogens with two attached hydrogens (primary N) is 1. The van der Waals surface area contributed by atoms with E-state index in [4.69, 9.17) is 34.0 Å². The Morgan fingerprint density at radius 1 is 0.829 bits per heavy atom. The Bertz CT molecular complexity index is 1290. The molecule has 178 valence electrons. The van der Waals surface area contributed by atoms with Crippen molar-refractivity contribution in [1.82, 2.24) is 0 Å². The van der Waals surface area contributed by atoms with Crippen molar-refractivity contribution in [3.63, 3.8) is 0 Å². The molecule has 0 spiro atoms. The molecule has 1 heterocycles. The number of ether oxygens (including phenoxy) is 1. The van der Waals surface area contributed by atoms with E-state index in [1.807, 2.05) is 0 Å². The summed E-state index contributed by atoms with van der Waals surface area (Å²) in [6, 6.07) is 5.23. The number of rotatable bonds is 5. The van der Waals surface area contributed by atoms with Gasteiger partial charge in [-0.3, -0.25) is 4.79 Å². The SMILES string of the molecule is [B]C([B])(c1ccc(C(F)(F)F)cc1)S(=O)(=O)OC1=C(N)O[C@]([B])(c2ccc(C(F)(F)F)cc2)C1=O. The number of hydrogen-bond acceptors (Lipinski definition) is 6. The smallest absolute Gasteiger partial charge is 0.416 e. The summed E-state index contributed by atoms with van der Waals surface area (Å²) in [7, 11) is 11.8. The molecule has 0 fully saturated rings. The number of carbonyl (C=O) groups excluding carboxylic acids is 1. The van der Waals surface area contributed by atoms with E-state index in [9.17, 15) is 39.6 Å². The minimum Gasteiger partial charge on any atom is -0.467 e. The lowest BCUT2D eigenvalue weighted by Crippen LogP contribution is -2.40. The Hall–Kier alpha value is -3.03. The molecule has 0 saturated carbocycles. The van der Waals surface area contributed by atoms with Gasteiger partial charge >= 0.3 is 22.5 Å². The maximum atomic E-state index is 12.8. The first-order valence-electron chi connectivity index (χ1n) is 9.20. The minimum atomic E-state index is -5.24. The monoisotopic (exact) mass is 511 g/mol. The zero-order chi connectivity index (χ0) is 26.6. The molecule has 0 aliphatic carbocycles. The molecule has 3 rings (SSSR count). The summed E-state index contributed by atoms with van der Waals surface area (Å²) in [5.41, 5.74) is -0.0969. The lowest BCUT2D eigenvalue weighted by Gasteiger charge is -2.27. The summed E-state index contributed by atoms with van der Waals surface area (Å²) in [5, 5.41) is 0. The molecular weight excluding hydrogens is 501 g/mol. The van der Waals surface area contributed by atoms with E-state index in [0.29, 0.717) is 36.4 Å². The molecule has 0 aromatic heterocycles. The Morgan fingerprint density at radius 3 is 1.66 bits per heavy atom. The molecule has 1 aliphatic heterocycles. The zero-order valence-corrected chi connectivity index (χ0v) is 18.0. The standard InChI is InChI=1S/C19H10B3F6NO5S/c20-16(9-1-5-11(6-2-9)18(23,24)25)14(30)13(15(29)33-16)34-35(31,32)17(21,22)10-3-7-12(8-4-10)19(26,27)28/h1-8H,29H2/t16-/m1/s1. The van der Waals surface area contributed by atoms with Gasteiger partial charge in [-0.15, -0.1) is 0 Å². The van der Waals surface area contributed by atoms with E-state index in [1.165, 1.54) is 0 Å². The fourth-order valence-corrected chi connectivity index (χ4v) is 3.91. The number of halogens is 6. The van der Waals surface area contributed by atoms with Crippen LogP contribution in [0.2, 0.25) is 0 Å². The minimum absolute atomic E-state index is 0.330. The van der Waals surface area contributed by atoms with Gasteiger partial charge in [0, 0.05) is 0 Å². The molecule has 0 amide bonds. The van der Waals surface area contributed by atoms with E-state index in [1.54, 1.807) is 0 Å². The first-order chi connectivity index (χ1) is 15.8. The summed E-state index contributed by atoms with van der Waals surface area (Å²) >= 11 is 0. The molecule has 1 aliphatic rings. The molecular formula is C19H10B3F6NO5S. The zero-order valence-electron chi connectivity index (χ0n) is 17.1. The van der Waals surface area contributed by atoms with Crippen molar-refractivity contribution in [2.24, 2.45) is 5.73 Å². The second-order valence-electron chi connectivity index (χ2n) is 7.34. The van der Waals surface area contributed by atoms with Gasteiger partial charge in [-0.2, -0.15) is 34.8 Å². The summed E-state index contributed by atoms with van der Waals surface area (Å²) in [5.74, 6) is -3.54. The van der Waals surface area contributed by atoms with E-state index in [2.05, 4.69) is 4.18 Å². The molecule has 2 aromatic rings. The maximum absolute atomic E-state index is 12.8. The highest BCUT2D eigenvalue weighted by molar-refractivity contribution is 7.90. The summed E-state index contributed by atoms with van der Waals surface area (Å²) in [6.07, 6.45) is -9.42. The molecule has 6 radical (unpaired) electrons. The topological polar surface area (TPSA) is 95.7 Å². The Balaban J connectivity index is 1.89. The predicted octanol–water partition coefficient (Wildman–Crippen LogP) is 2.27. The average Bonchev–Trinajstić information content (AvgIpc) is 2.96. The van der Waals surface area contributed by atoms with E-state index < -0.39 is 66.6 Å². The quantitative estimate of drug-likeness (QED) is 0.377. The van der Waals surface area contributed by atoms with Crippen LogP contribution in [0.3, 0.4) is 0 Å². The van der Waals surface area contributed by atoms with Gasteiger partial charge in [0.2, 0.25) is 17.4 Å². The summed E-state index contributed by atoms with van der Waals surface area (Å²) in [4.78, 5) is 12.8. The van der Waals surface area contributed by atoms with Crippen molar-refractivity contribution in [3.05, 3.63) is 82.4 Å². The van der Waals surface area contributed by atoms with Crippen molar-refractivity contribution < 1.29 is 48.5 Å². The highest BCUT2D eigenvalue weighted by atomic mass is 32.2. The number of Topliss-reactive ketones (excluding diaryl/α,β-unsaturated/α-hetero) is 1. The van der Waals surface area contributed by atoms with Crippen molar-refractivity contribution in [2.45, 2.75) is 22.4 Å². The molecule has 1 atom stereocenters. The van der Waals surface area contributed by atoms with Crippen LogP contribution in [0.1, 0.15) is 22.3 Å². The van der Waals surface area contributed by atoms with Crippen LogP contribution in [0.4, 0.5) is 26.3 Å². The van der Waals surface area contributed by atoms with Crippen LogP contribution in [0.5, 0.6) is 0 Å². The van der Waals surface area contributed by atoms with Gasteiger partial charge in [0.15, 0.2) is 5.50 Å². The van der Waals surface area contributed by atoms with Gasteiger partial charge in [-0.25, -0.2) is 0 Å². The van der Waals surface area contributed by atoms with Gasteiger partial charge in [-0.1, -0.05) is 24.3 Å². The van der Waals surface area contributed by atoms with Crippen molar-refractivity contribution in [3.8, 4) is 0 Å². The van der Waals surface area contributed by atoms with Crippen LogP contribution in [0, 0.1) is 0 Å². The fourth-order valence-electron chi connectivity index (χ4n) is 2.97. The van der Waals surface area contributed by atoms with Gasteiger partial charge in [0.25, 0.3) is 0 Å². The van der Waals surface area contributed by atoms with E-state index >= 15 is 0 Å². The third-order valence-corrected chi connectivity index (χ3v) is 6.40. The van der Waals surface area contributed by atoms with Crippen LogP contribution in [0.25, 0.3) is 0 Å².